The molecule has 2 heterocycles. The van der Waals surface area contributed by atoms with Crippen LogP contribution in [0, 0.1) is 6.92 Å². The number of esters is 1. The van der Waals surface area contributed by atoms with Crippen molar-refractivity contribution >= 4 is 5.97 Å². The lowest BCUT2D eigenvalue weighted by molar-refractivity contribution is 0.0600. The molecule has 0 aliphatic heterocycles. The predicted octanol–water partition coefficient (Wildman–Crippen LogP) is 9.00. The van der Waals surface area contributed by atoms with Crippen LogP contribution in [-0.2, 0) is 16.7 Å². The van der Waals surface area contributed by atoms with E-state index in [1.807, 2.05) is 96.5 Å². The molecule has 0 saturated heterocycles. The molecule has 0 bridgehead atoms. The Bertz CT molecular complexity index is 2500. The number of hydrogen-bond donors (Lipinski definition) is 0. The van der Waals surface area contributed by atoms with E-state index in [-0.39, 0.29) is 12.0 Å². The summed E-state index contributed by atoms with van der Waals surface area (Å²) in [5.74, 6) is 0.186. The smallest absolute Gasteiger partial charge is 0.337 e. The van der Waals surface area contributed by atoms with Gasteiger partial charge in [0.1, 0.15) is 5.54 Å². The number of aromatic nitrogens is 6. The molecule has 56 heavy (non-hydrogen) atoms. The number of nitrogens with zero attached hydrogens (tertiary/aromatic N) is 6. The van der Waals surface area contributed by atoms with Crippen LogP contribution in [0.2, 0.25) is 0 Å². The Morgan fingerprint density at radius 3 is 1.77 bits per heavy atom. The Hall–Kier alpha value is -7.26. The molecule has 0 aliphatic carbocycles. The lowest BCUT2D eigenvalue weighted by Crippen LogP contribution is -2.39. The quantitative estimate of drug-likeness (QED) is 0.0958. The summed E-state index contributed by atoms with van der Waals surface area (Å²) in [6.07, 6.45) is 0.513. The predicted molar refractivity (Wildman–Crippen MR) is 216 cm³/mol. The van der Waals surface area contributed by atoms with E-state index >= 15 is 0 Å². The Balaban J connectivity index is 1.38. The van der Waals surface area contributed by atoms with Crippen LogP contribution in [0.1, 0.15) is 43.9 Å². The van der Waals surface area contributed by atoms with E-state index in [9.17, 15) is 4.79 Å². The molecule has 274 valence electrons. The number of ether oxygens (including phenoxy) is 2. The summed E-state index contributed by atoms with van der Waals surface area (Å²) in [5, 5.41) is 14.1. The Morgan fingerprint density at radius 1 is 0.643 bits per heavy atom. The van der Waals surface area contributed by atoms with Gasteiger partial charge in [-0.05, 0) is 68.9 Å². The second-order valence-electron chi connectivity index (χ2n) is 13.3. The molecule has 0 spiro atoms. The second kappa shape index (κ2) is 15.6. The highest BCUT2D eigenvalue weighted by Gasteiger charge is 2.42. The Kier molecular flexibility index (Phi) is 9.97. The van der Waals surface area contributed by atoms with E-state index in [4.69, 9.17) is 24.8 Å². The number of carbonyl (C=O) groups is 1. The molecule has 6 aromatic carbocycles. The van der Waals surface area contributed by atoms with Crippen molar-refractivity contribution in [2.45, 2.75) is 18.9 Å². The van der Waals surface area contributed by atoms with Crippen LogP contribution in [0.5, 0.6) is 6.01 Å². The van der Waals surface area contributed by atoms with Crippen LogP contribution < -0.4 is 4.74 Å². The maximum atomic E-state index is 12.2. The van der Waals surface area contributed by atoms with Gasteiger partial charge < -0.3 is 9.47 Å². The molecule has 8 rings (SSSR count). The molecule has 0 unspecified atom stereocenters. The topological polar surface area (TPSA) is 105 Å². The zero-order valence-electron chi connectivity index (χ0n) is 31.2. The molecule has 0 aliphatic rings. The molecule has 2 aromatic heterocycles. The third-order valence-electron chi connectivity index (χ3n) is 10.1. The lowest BCUT2D eigenvalue weighted by atomic mass is 9.76. The van der Waals surface area contributed by atoms with Crippen LogP contribution in [0.25, 0.3) is 33.8 Å². The first-order valence-electron chi connectivity index (χ1n) is 18.3. The van der Waals surface area contributed by atoms with Gasteiger partial charge in [-0.15, -0.1) is 5.10 Å². The van der Waals surface area contributed by atoms with E-state index in [1.54, 1.807) is 19.2 Å². The highest BCUT2D eigenvalue weighted by molar-refractivity contribution is 5.89. The first kappa shape index (κ1) is 35.8. The second-order valence-corrected chi connectivity index (χ2v) is 13.3. The van der Waals surface area contributed by atoms with Crippen LogP contribution in [-0.4, -0.2) is 50.4 Å². The van der Waals surface area contributed by atoms with Gasteiger partial charge in [-0.3, -0.25) is 0 Å². The fourth-order valence-corrected chi connectivity index (χ4v) is 7.42. The van der Waals surface area contributed by atoms with Gasteiger partial charge in [0.2, 0.25) is 0 Å². The summed E-state index contributed by atoms with van der Waals surface area (Å²) < 4.78 is 12.5. The molecular weight excluding hydrogens is 697 g/mol. The van der Waals surface area contributed by atoms with Gasteiger partial charge >= 0.3 is 12.0 Å². The maximum Gasteiger partial charge on any atom is 0.337 e. The number of rotatable bonds is 11. The molecule has 8 aromatic rings. The molecule has 0 atom stereocenters. The van der Waals surface area contributed by atoms with Crippen molar-refractivity contribution in [3.05, 3.63) is 203 Å². The molecule has 0 amide bonds. The SMILES string of the molecule is COC(=O)c1ccc(Cc2c(C)nc(OC)nc2-c2ccc(-c3ccccc3)c(-c3nnnn3C(c3ccccc3)(c3ccccc3)c3ccccc3)c2)cc1. The third-order valence-corrected chi connectivity index (χ3v) is 10.1. The van der Waals surface area contributed by atoms with Crippen molar-refractivity contribution in [2.75, 3.05) is 14.2 Å². The summed E-state index contributed by atoms with van der Waals surface area (Å²) in [6, 6.07) is 55.3. The first-order valence-corrected chi connectivity index (χ1v) is 18.3. The van der Waals surface area contributed by atoms with E-state index in [2.05, 4.69) is 76.9 Å². The minimum absolute atomic E-state index is 0.261. The van der Waals surface area contributed by atoms with Crippen molar-refractivity contribution in [1.29, 1.82) is 0 Å². The first-order chi connectivity index (χ1) is 27.5. The van der Waals surface area contributed by atoms with Crippen molar-refractivity contribution in [3.63, 3.8) is 0 Å². The highest BCUT2D eigenvalue weighted by atomic mass is 16.5. The van der Waals surface area contributed by atoms with Gasteiger partial charge in [0.15, 0.2) is 5.82 Å². The van der Waals surface area contributed by atoms with E-state index in [1.165, 1.54) is 7.11 Å². The minimum Gasteiger partial charge on any atom is -0.467 e. The van der Waals surface area contributed by atoms with Crippen molar-refractivity contribution in [2.24, 2.45) is 0 Å². The van der Waals surface area contributed by atoms with Crippen molar-refractivity contribution in [3.8, 4) is 39.8 Å². The van der Waals surface area contributed by atoms with E-state index in [0.29, 0.717) is 23.5 Å². The van der Waals surface area contributed by atoms with Gasteiger partial charge in [-0.25, -0.2) is 14.5 Å². The maximum absolute atomic E-state index is 12.2. The summed E-state index contributed by atoms with van der Waals surface area (Å²) in [4.78, 5) is 21.8. The molecule has 0 saturated carbocycles. The number of methoxy groups -OCH3 is 2. The fraction of sp³-hybridized carbons (Fsp3) is 0.106. The standard InChI is InChI=1S/C47H38N6O3/c1-32-41(30-33-24-26-35(27-25-33)45(54)55-2)43(49-46(48-32)56-3)36-28-29-40(34-16-8-4-9-17-34)42(31-36)44-50-51-52-53(44)47(37-18-10-5-11-19-37,38-20-12-6-13-21-38)39-22-14-7-15-23-39/h4-29,31H,30H2,1-3H3. The van der Waals surface area contributed by atoms with Crippen LogP contribution in [0.4, 0.5) is 0 Å². The third kappa shape index (κ3) is 6.60. The molecule has 9 heteroatoms. The molecule has 0 fully saturated rings. The summed E-state index contributed by atoms with van der Waals surface area (Å²) in [7, 11) is 2.94. The monoisotopic (exact) mass is 734 g/mol. The van der Waals surface area contributed by atoms with Gasteiger partial charge in [0, 0.05) is 28.8 Å². The molecule has 0 N–H and O–H groups in total. The highest BCUT2D eigenvalue weighted by Crippen LogP contribution is 2.44. The largest absolute Gasteiger partial charge is 0.467 e. The van der Waals surface area contributed by atoms with Gasteiger partial charge in [0.25, 0.3) is 0 Å². The number of aryl methyl sites for hydroxylation is 1. The lowest BCUT2D eigenvalue weighted by Gasteiger charge is -2.36. The summed E-state index contributed by atoms with van der Waals surface area (Å²) in [5.41, 5.74) is 9.53. The van der Waals surface area contributed by atoms with Gasteiger partial charge in [-0.1, -0.05) is 146 Å². The number of hydrogen-bond acceptors (Lipinski definition) is 8. The molecule has 9 nitrogen and oxygen atoms in total. The summed E-state index contributed by atoms with van der Waals surface area (Å²) in [6.45, 7) is 1.96. The van der Waals surface area contributed by atoms with E-state index in [0.717, 1.165) is 55.8 Å². The minimum atomic E-state index is -0.956. The van der Waals surface area contributed by atoms with Gasteiger partial charge in [-0.2, -0.15) is 4.98 Å². The average molecular weight is 735 g/mol. The number of benzene rings is 6. The van der Waals surface area contributed by atoms with Crippen molar-refractivity contribution in [1.82, 2.24) is 30.2 Å². The molecule has 0 radical (unpaired) electrons. The average Bonchev–Trinajstić information content (AvgIpc) is 3.76. The van der Waals surface area contributed by atoms with Crippen molar-refractivity contribution < 1.29 is 14.3 Å². The zero-order valence-corrected chi connectivity index (χ0v) is 31.2. The number of carbonyl (C=O) groups excluding carboxylic acids is 1. The Labute approximate surface area is 325 Å². The number of tetrazole rings is 1. The molecular formula is C47H38N6O3. The fourth-order valence-electron chi connectivity index (χ4n) is 7.42. The van der Waals surface area contributed by atoms with Gasteiger partial charge in [0.05, 0.1) is 25.5 Å². The normalized spacial score (nSPS) is 11.3. The zero-order chi connectivity index (χ0) is 38.5. The van der Waals surface area contributed by atoms with Crippen LogP contribution >= 0.6 is 0 Å². The Morgan fingerprint density at radius 2 is 1.21 bits per heavy atom. The van der Waals surface area contributed by atoms with Crippen LogP contribution in [0.15, 0.2) is 164 Å². The summed E-state index contributed by atoms with van der Waals surface area (Å²) >= 11 is 0. The van der Waals surface area contributed by atoms with E-state index < -0.39 is 5.54 Å². The van der Waals surface area contributed by atoms with Crippen LogP contribution in [0.3, 0.4) is 0 Å².